The Morgan fingerprint density at radius 3 is 1.25 bits per heavy atom. The summed E-state index contributed by atoms with van der Waals surface area (Å²) in [5, 5.41) is 9.49. The van der Waals surface area contributed by atoms with Crippen molar-refractivity contribution < 1.29 is 14.0 Å². The van der Waals surface area contributed by atoms with Crippen molar-refractivity contribution >= 4 is 16.6 Å². The predicted molar refractivity (Wildman–Crippen MR) is 335 cm³/mol. The van der Waals surface area contributed by atoms with Gasteiger partial charge < -0.3 is 14.0 Å². The fourth-order valence-electron chi connectivity index (χ4n) is 10.5. The lowest BCUT2D eigenvalue weighted by molar-refractivity contribution is 0.281. The van der Waals surface area contributed by atoms with Gasteiger partial charge in [-0.3, -0.25) is 0 Å². The van der Waals surface area contributed by atoms with Crippen molar-refractivity contribution in [1.29, 1.82) is 0 Å². The third-order valence-electron chi connectivity index (χ3n) is 15.4. The fourth-order valence-corrected chi connectivity index (χ4v) is 19.4. The van der Waals surface area contributed by atoms with Crippen LogP contribution >= 0.6 is 0 Å². The highest BCUT2D eigenvalue weighted by Gasteiger charge is 2.35. The number of methoxy groups -OCH3 is 1. The minimum absolute atomic E-state index is 0.123. The first-order valence-corrected chi connectivity index (χ1v) is 34.6. The van der Waals surface area contributed by atoms with Crippen molar-refractivity contribution in [2.24, 2.45) is 0 Å². The predicted octanol–water partition coefficient (Wildman–Crippen LogP) is 19.6. The molecule has 0 unspecified atom stereocenters. The number of aliphatic hydroxyl groups is 1. The maximum Gasteiger partial charge on any atom is 0.173 e. The van der Waals surface area contributed by atoms with Gasteiger partial charge in [0.05, 0.1) is 13.7 Å². The first-order chi connectivity index (χ1) is 36.0. The summed E-state index contributed by atoms with van der Waals surface area (Å²) >= 11 is 0. The van der Waals surface area contributed by atoms with Crippen LogP contribution in [0.25, 0.3) is 11.1 Å². The van der Waals surface area contributed by atoms with Gasteiger partial charge in [-0.1, -0.05) is 220 Å². The zero-order chi connectivity index (χ0) is 55.5. The molecule has 1 aliphatic rings. The normalized spacial score (nSPS) is 13.3. The molecule has 0 heterocycles. The SMILES string of the molecule is COc1cc(CCC[Si](C)(C)O[Si](C)(C)CCCc2ccc(C)c(CO)c2)ccc1C.Cc1ccc(-c2ccc(C)cc2)cc1.Cc1ccc(C(C)(C)C)cc1.Cc1ccc(C2(c3ccc(C)cc3)CCCCC2)cc1. The molecule has 0 spiro atoms. The molecule has 7 aromatic carbocycles. The first kappa shape index (κ1) is 61.5. The molecule has 1 aliphatic carbocycles. The molecule has 1 saturated carbocycles. The minimum atomic E-state index is -1.68. The minimum Gasteiger partial charge on any atom is -0.496 e. The molecule has 8 rings (SSSR count). The summed E-state index contributed by atoms with van der Waals surface area (Å²) in [6.07, 6.45) is 11.1. The lowest BCUT2D eigenvalue weighted by Crippen LogP contribution is -2.44. The van der Waals surface area contributed by atoms with E-state index in [1.165, 1.54) is 129 Å². The Morgan fingerprint density at radius 2 is 0.855 bits per heavy atom. The van der Waals surface area contributed by atoms with E-state index >= 15 is 0 Å². The largest absolute Gasteiger partial charge is 0.496 e. The van der Waals surface area contributed by atoms with Crippen LogP contribution in [0.2, 0.25) is 38.3 Å². The monoisotopic (exact) mass is 1050 g/mol. The number of aryl methyl sites for hydroxylation is 9. The Balaban J connectivity index is 0.000000202. The van der Waals surface area contributed by atoms with Crippen LogP contribution in [-0.4, -0.2) is 28.9 Å². The van der Waals surface area contributed by atoms with Crippen LogP contribution < -0.4 is 4.74 Å². The quantitative estimate of drug-likeness (QED) is 0.104. The summed E-state index contributed by atoms with van der Waals surface area (Å²) < 4.78 is 12.3. The molecule has 0 bridgehead atoms. The summed E-state index contributed by atoms with van der Waals surface area (Å²) in [5.74, 6) is 0.985. The van der Waals surface area contributed by atoms with Gasteiger partial charge in [-0.15, -0.1) is 0 Å². The summed E-state index contributed by atoms with van der Waals surface area (Å²) in [4.78, 5) is 0. The Labute approximate surface area is 464 Å². The molecular formula is C71H96O3Si2. The van der Waals surface area contributed by atoms with Gasteiger partial charge in [0.2, 0.25) is 0 Å². The Kier molecular flexibility index (Phi) is 23.4. The van der Waals surface area contributed by atoms with Gasteiger partial charge >= 0.3 is 0 Å². The van der Waals surface area contributed by atoms with Gasteiger partial charge in [0.15, 0.2) is 16.6 Å². The number of benzene rings is 7. The van der Waals surface area contributed by atoms with Crippen molar-refractivity contribution in [1.82, 2.24) is 0 Å². The van der Waals surface area contributed by atoms with Crippen LogP contribution in [0.15, 0.2) is 158 Å². The highest BCUT2D eigenvalue weighted by atomic mass is 28.4. The summed E-state index contributed by atoms with van der Waals surface area (Å²) in [6, 6.07) is 59.9. The Bertz CT molecular complexity index is 2630. The lowest BCUT2D eigenvalue weighted by atomic mass is 9.65. The molecule has 1 N–H and O–H groups in total. The molecule has 76 heavy (non-hydrogen) atoms. The average molecular weight is 1050 g/mol. The van der Waals surface area contributed by atoms with Crippen LogP contribution in [0.3, 0.4) is 0 Å². The van der Waals surface area contributed by atoms with E-state index in [4.69, 9.17) is 8.85 Å². The third kappa shape index (κ3) is 19.6. The topological polar surface area (TPSA) is 38.7 Å². The van der Waals surface area contributed by atoms with Gasteiger partial charge in [-0.2, -0.15) is 0 Å². The van der Waals surface area contributed by atoms with Crippen LogP contribution in [0, 0.1) is 48.5 Å². The zero-order valence-corrected chi connectivity index (χ0v) is 51.8. The molecule has 1 fully saturated rings. The molecule has 5 heteroatoms. The van der Waals surface area contributed by atoms with E-state index in [1.54, 1.807) is 7.11 Å². The molecule has 0 amide bonds. The molecule has 0 saturated heterocycles. The second-order valence-electron chi connectivity index (χ2n) is 24.3. The maximum absolute atomic E-state index is 9.49. The number of ether oxygens (including phenoxy) is 1. The molecule has 0 aromatic heterocycles. The molecule has 7 aromatic rings. The number of rotatable bonds is 15. The van der Waals surface area contributed by atoms with E-state index in [0.29, 0.717) is 0 Å². The zero-order valence-electron chi connectivity index (χ0n) is 49.8. The smallest absolute Gasteiger partial charge is 0.173 e. The highest BCUT2D eigenvalue weighted by Crippen LogP contribution is 2.45. The van der Waals surface area contributed by atoms with Crippen LogP contribution in [0.5, 0.6) is 5.75 Å². The van der Waals surface area contributed by atoms with Gasteiger partial charge in [-0.05, 0) is 192 Å². The second kappa shape index (κ2) is 28.9. The van der Waals surface area contributed by atoms with E-state index in [-0.39, 0.29) is 17.4 Å². The van der Waals surface area contributed by atoms with Crippen molar-refractivity contribution in [2.75, 3.05) is 7.11 Å². The molecule has 0 radical (unpaired) electrons. The standard InChI is InChI=1S/C26H42O3Si2.C20H24.C14H14.C11H16/c1-21-12-14-23(18-25(21)20-27)10-8-16-30(4,5)29-31(6,7)17-9-11-24-15-13-22(2)26(19-24)28-3;1-16-6-10-18(11-7-16)20(14-4-3-5-15-20)19-12-8-17(2)9-13-19;1-11-3-7-13(8-4-11)14-9-5-12(2)6-10-14;1-9-5-7-10(8-6-9)11(2,3)4/h12-15,18-19,27H,8-11,16-17,20H2,1-7H3;6-13H,3-5,14-15H2,1-2H3;3-10H,1-2H3;5-8H,1-4H3. The average Bonchev–Trinajstić information content (AvgIpc) is 3.38. The highest BCUT2D eigenvalue weighted by molar-refractivity contribution is 6.84. The van der Waals surface area contributed by atoms with E-state index in [1.807, 2.05) is 0 Å². The van der Waals surface area contributed by atoms with E-state index in [2.05, 4.69) is 253 Å². The number of aliphatic hydroxyl groups excluding tert-OH is 1. The van der Waals surface area contributed by atoms with Crippen LogP contribution in [-0.2, 0) is 34.4 Å². The number of hydrogen-bond donors (Lipinski definition) is 1. The summed E-state index contributed by atoms with van der Waals surface area (Å²) in [5.41, 5.74) is 20.3. The van der Waals surface area contributed by atoms with Gasteiger partial charge in [0.25, 0.3) is 0 Å². The summed E-state index contributed by atoms with van der Waals surface area (Å²) in [6.45, 7) is 31.2. The van der Waals surface area contributed by atoms with Gasteiger partial charge in [0.1, 0.15) is 5.75 Å². The molecule has 406 valence electrons. The number of hydrogen-bond acceptors (Lipinski definition) is 3. The first-order valence-electron chi connectivity index (χ1n) is 28.4. The second-order valence-corrected chi connectivity index (χ2v) is 33.1. The molecule has 3 nitrogen and oxygen atoms in total. The Hall–Kier alpha value is -5.31. The van der Waals surface area contributed by atoms with Crippen LogP contribution in [0.1, 0.15) is 138 Å². The molecule has 0 aliphatic heterocycles. The molecule has 0 atom stereocenters. The third-order valence-corrected chi connectivity index (χ3v) is 22.9. The van der Waals surface area contributed by atoms with Gasteiger partial charge in [-0.25, -0.2) is 0 Å². The lowest BCUT2D eigenvalue weighted by Gasteiger charge is -2.38. The molecular weight excluding hydrogens is 957 g/mol. The van der Waals surface area contributed by atoms with E-state index < -0.39 is 16.6 Å². The Morgan fingerprint density at radius 1 is 0.474 bits per heavy atom. The van der Waals surface area contributed by atoms with Crippen molar-refractivity contribution in [2.45, 2.75) is 183 Å². The maximum atomic E-state index is 9.49. The van der Waals surface area contributed by atoms with Gasteiger partial charge in [0, 0.05) is 5.41 Å². The summed E-state index contributed by atoms with van der Waals surface area (Å²) in [7, 11) is -1.62. The van der Waals surface area contributed by atoms with Crippen molar-refractivity contribution in [3.63, 3.8) is 0 Å². The van der Waals surface area contributed by atoms with E-state index in [0.717, 1.165) is 30.6 Å². The van der Waals surface area contributed by atoms with E-state index in [9.17, 15) is 5.11 Å². The fraction of sp³-hybridized carbons (Fsp3) is 0.408. The van der Waals surface area contributed by atoms with Crippen LogP contribution in [0.4, 0.5) is 0 Å². The van der Waals surface area contributed by atoms with Crippen molar-refractivity contribution in [3.8, 4) is 16.9 Å². The van der Waals surface area contributed by atoms with Crippen molar-refractivity contribution in [3.05, 3.63) is 230 Å².